The van der Waals surface area contributed by atoms with Crippen molar-refractivity contribution in [1.82, 2.24) is 23.2 Å². The third-order valence-electron chi connectivity index (χ3n) is 9.64. The van der Waals surface area contributed by atoms with Crippen LogP contribution in [0.4, 0.5) is 20.6 Å². The van der Waals surface area contributed by atoms with E-state index in [2.05, 4.69) is 5.32 Å². The Labute approximate surface area is 307 Å². The topological polar surface area (TPSA) is 150 Å². The van der Waals surface area contributed by atoms with Gasteiger partial charge in [0.2, 0.25) is 5.91 Å². The van der Waals surface area contributed by atoms with Gasteiger partial charge >= 0.3 is 6.03 Å². The van der Waals surface area contributed by atoms with Gasteiger partial charge in [0.25, 0.3) is 15.8 Å². The number of hydrogen-bond donors (Lipinski definition) is 1. The lowest BCUT2D eigenvalue weighted by Crippen LogP contribution is -2.57. The predicted molar refractivity (Wildman–Crippen MR) is 199 cm³/mol. The maximum absolute atomic E-state index is 14.4. The highest BCUT2D eigenvalue weighted by atomic mass is 32.2. The molecule has 0 aliphatic carbocycles. The monoisotopic (exact) mass is 750 g/mol. The van der Waals surface area contributed by atoms with Gasteiger partial charge in [0.15, 0.2) is 5.82 Å². The van der Waals surface area contributed by atoms with Crippen molar-refractivity contribution in [3.63, 3.8) is 0 Å². The van der Waals surface area contributed by atoms with Crippen molar-refractivity contribution in [2.75, 3.05) is 82.8 Å². The fraction of sp³-hybridized carbons (Fsp3) is 0.389. The van der Waals surface area contributed by atoms with Crippen LogP contribution in [-0.4, -0.2) is 111 Å². The van der Waals surface area contributed by atoms with E-state index < -0.39 is 34.0 Å². The minimum Gasteiger partial charge on any atom is -0.497 e. The van der Waals surface area contributed by atoms with E-state index in [0.29, 0.717) is 40.2 Å². The fourth-order valence-corrected chi connectivity index (χ4v) is 7.91. The van der Waals surface area contributed by atoms with Crippen LogP contribution in [0.15, 0.2) is 71.5 Å². The molecule has 17 heteroatoms. The summed E-state index contributed by atoms with van der Waals surface area (Å²) < 4.78 is 54.1. The number of ether oxygens (including phenoxy) is 2. The standard InChI is InChI=1S/C36H43FN8O7S/c1-24(44(31-15-14-28(51-4)22-32(31)52-5)36(48)38-27-12-10-26(37)11-13-27)33-39-30-9-7-6-8-29(30)35(47)45(33)42-20-18-41(19-21-42)34(46)25-16-17-43(23-25)53(49,50)40(2)3/h6-15,22,24-25H,16-21,23H2,1-5H3,(H,38,48). The minimum absolute atomic E-state index is 0.111. The molecule has 0 bridgehead atoms. The first-order valence-electron chi connectivity index (χ1n) is 17.1. The molecule has 2 aliphatic heterocycles. The van der Waals surface area contributed by atoms with E-state index in [1.54, 1.807) is 54.3 Å². The summed E-state index contributed by atoms with van der Waals surface area (Å²) in [5, 5.41) is 5.02. The van der Waals surface area contributed by atoms with Crippen LogP contribution in [0.2, 0.25) is 0 Å². The van der Waals surface area contributed by atoms with Crippen molar-refractivity contribution in [2.45, 2.75) is 19.4 Å². The van der Waals surface area contributed by atoms with E-state index in [1.165, 1.54) is 66.5 Å². The molecule has 0 saturated carbocycles. The van der Waals surface area contributed by atoms with Gasteiger partial charge in [-0.25, -0.2) is 18.8 Å². The Kier molecular flexibility index (Phi) is 10.9. The average Bonchev–Trinajstić information content (AvgIpc) is 3.67. The average molecular weight is 751 g/mol. The number of fused-ring (bicyclic) bond motifs is 1. The first kappa shape index (κ1) is 37.5. The molecular weight excluding hydrogens is 708 g/mol. The molecule has 282 valence electrons. The molecule has 2 saturated heterocycles. The van der Waals surface area contributed by atoms with Crippen LogP contribution in [0.3, 0.4) is 0 Å². The number of hydrogen-bond acceptors (Lipinski definition) is 9. The maximum atomic E-state index is 14.4. The zero-order valence-electron chi connectivity index (χ0n) is 30.2. The fourth-order valence-electron chi connectivity index (χ4n) is 6.74. The molecule has 0 radical (unpaired) electrons. The van der Waals surface area contributed by atoms with Gasteiger partial charge < -0.3 is 24.7 Å². The van der Waals surface area contributed by atoms with Crippen molar-refractivity contribution >= 4 is 44.4 Å². The first-order valence-corrected chi connectivity index (χ1v) is 18.5. The number of para-hydroxylation sites is 1. The third kappa shape index (κ3) is 7.49. The van der Waals surface area contributed by atoms with Crippen molar-refractivity contribution in [3.8, 4) is 11.5 Å². The predicted octanol–water partition coefficient (Wildman–Crippen LogP) is 3.26. The van der Waals surface area contributed by atoms with Gasteiger partial charge in [-0.1, -0.05) is 12.1 Å². The number of piperazine rings is 1. The van der Waals surface area contributed by atoms with Gasteiger partial charge in [0.05, 0.1) is 55.9 Å². The van der Waals surface area contributed by atoms with Gasteiger partial charge in [-0.3, -0.25) is 14.5 Å². The quantitative estimate of drug-likeness (QED) is 0.258. The van der Waals surface area contributed by atoms with Crippen LogP contribution in [0.5, 0.6) is 11.5 Å². The zero-order chi connectivity index (χ0) is 38.0. The zero-order valence-corrected chi connectivity index (χ0v) is 31.0. The lowest BCUT2D eigenvalue weighted by molar-refractivity contribution is -0.135. The summed E-state index contributed by atoms with van der Waals surface area (Å²) in [6, 6.07) is 15.8. The molecule has 2 atom stereocenters. The number of methoxy groups -OCH3 is 2. The number of urea groups is 1. The number of nitrogens with one attached hydrogen (secondary N) is 1. The second-order valence-corrected chi connectivity index (χ2v) is 15.2. The molecule has 53 heavy (non-hydrogen) atoms. The van der Waals surface area contributed by atoms with Crippen LogP contribution >= 0.6 is 0 Å². The van der Waals surface area contributed by atoms with E-state index in [1.807, 2.05) is 5.01 Å². The number of aromatic nitrogens is 2. The molecule has 2 aliphatic rings. The number of anilines is 2. The van der Waals surface area contributed by atoms with E-state index in [0.717, 1.165) is 4.31 Å². The van der Waals surface area contributed by atoms with Crippen LogP contribution in [0.25, 0.3) is 10.9 Å². The molecule has 2 fully saturated rings. The number of carbonyl (C=O) groups is 2. The Morgan fingerprint density at radius 1 is 0.962 bits per heavy atom. The lowest BCUT2D eigenvalue weighted by atomic mass is 10.1. The van der Waals surface area contributed by atoms with Gasteiger partial charge in [0.1, 0.15) is 17.3 Å². The maximum Gasteiger partial charge on any atom is 0.327 e. The van der Waals surface area contributed by atoms with Gasteiger partial charge in [-0.2, -0.15) is 17.0 Å². The van der Waals surface area contributed by atoms with Crippen LogP contribution in [0, 0.1) is 11.7 Å². The number of benzene rings is 3. The molecule has 0 spiro atoms. The molecule has 1 aromatic heterocycles. The number of nitrogens with zero attached hydrogens (tertiary/aromatic N) is 7. The van der Waals surface area contributed by atoms with Crippen molar-refractivity contribution in [1.29, 1.82) is 0 Å². The van der Waals surface area contributed by atoms with Crippen LogP contribution < -0.4 is 30.3 Å². The Morgan fingerprint density at radius 3 is 2.32 bits per heavy atom. The summed E-state index contributed by atoms with van der Waals surface area (Å²) in [5.74, 6) is 0.00389. The van der Waals surface area contributed by atoms with Crippen molar-refractivity contribution in [2.24, 2.45) is 5.92 Å². The smallest absolute Gasteiger partial charge is 0.327 e. The summed E-state index contributed by atoms with van der Waals surface area (Å²) >= 11 is 0. The molecule has 2 unspecified atom stereocenters. The summed E-state index contributed by atoms with van der Waals surface area (Å²) in [7, 11) is 2.28. The number of carbonyl (C=O) groups excluding carboxylic acids is 2. The molecule has 3 heterocycles. The third-order valence-corrected chi connectivity index (χ3v) is 11.5. The van der Waals surface area contributed by atoms with E-state index in [-0.39, 0.29) is 56.6 Å². The molecule has 1 N–H and O–H groups in total. The van der Waals surface area contributed by atoms with Crippen molar-refractivity contribution in [3.05, 3.63) is 88.7 Å². The first-order chi connectivity index (χ1) is 25.3. The summed E-state index contributed by atoms with van der Waals surface area (Å²) in [6.45, 7) is 3.22. The molecular formula is C36H43FN8O7S. The number of halogens is 1. The van der Waals surface area contributed by atoms with Crippen LogP contribution in [-0.2, 0) is 15.0 Å². The second-order valence-electron chi connectivity index (χ2n) is 13.0. The Bertz CT molecular complexity index is 2160. The Morgan fingerprint density at radius 2 is 1.66 bits per heavy atom. The SMILES string of the molecule is COc1ccc(N(C(=O)Nc2ccc(F)cc2)C(C)c2nc3ccccc3c(=O)n2N2CCN(C(=O)C3CCN(S(=O)(=O)N(C)C)C3)CC2)c(OC)c1. The highest BCUT2D eigenvalue weighted by Gasteiger charge is 2.39. The molecule has 3 amide bonds. The number of amides is 3. The summed E-state index contributed by atoms with van der Waals surface area (Å²) in [6.07, 6.45) is 0.423. The highest BCUT2D eigenvalue weighted by Crippen LogP contribution is 2.37. The van der Waals surface area contributed by atoms with Crippen LogP contribution in [0.1, 0.15) is 25.2 Å². The minimum atomic E-state index is -3.63. The Balaban J connectivity index is 1.34. The summed E-state index contributed by atoms with van der Waals surface area (Å²) in [5.41, 5.74) is 0.781. The number of rotatable bonds is 10. The van der Waals surface area contributed by atoms with Crippen molar-refractivity contribution < 1.29 is 31.9 Å². The molecule has 6 rings (SSSR count). The molecule has 3 aromatic carbocycles. The molecule has 4 aromatic rings. The lowest BCUT2D eigenvalue weighted by Gasteiger charge is -2.40. The van der Waals surface area contributed by atoms with Gasteiger partial charge in [0, 0.05) is 52.0 Å². The van der Waals surface area contributed by atoms with Gasteiger partial charge in [-0.05, 0) is 61.9 Å². The van der Waals surface area contributed by atoms with E-state index in [4.69, 9.17) is 14.5 Å². The van der Waals surface area contributed by atoms with Gasteiger partial charge in [-0.15, -0.1) is 0 Å². The second kappa shape index (κ2) is 15.4. The highest BCUT2D eigenvalue weighted by molar-refractivity contribution is 7.86. The normalized spacial score (nSPS) is 17.2. The van der Waals surface area contributed by atoms with E-state index in [9.17, 15) is 27.2 Å². The van der Waals surface area contributed by atoms with E-state index >= 15 is 0 Å². The molecule has 15 nitrogen and oxygen atoms in total. The summed E-state index contributed by atoms with van der Waals surface area (Å²) in [4.78, 5) is 50.3. The largest absolute Gasteiger partial charge is 0.497 e. The Hall–Kier alpha value is -5.26.